The predicted octanol–water partition coefficient (Wildman–Crippen LogP) is 2.80. The Morgan fingerprint density at radius 2 is 1.76 bits per heavy atom. The van der Waals surface area contributed by atoms with E-state index in [9.17, 15) is 9.59 Å². The molecule has 1 fully saturated rings. The van der Waals surface area contributed by atoms with E-state index in [-0.39, 0.29) is 24.1 Å². The van der Waals surface area contributed by atoms with Gasteiger partial charge in [0, 0.05) is 6.04 Å². The third kappa shape index (κ3) is 4.65. The minimum absolute atomic E-state index is 0.135. The Hall–Kier alpha value is -2.24. The summed E-state index contributed by atoms with van der Waals surface area (Å²) in [5.41, 5.74) is 0.181. The zero-order valence-corrected chi connectivity index (χ0v) is 15.3. The lowest BCUT2D eigenvalue weighted by Crippen LogP contribution is -2.45. The van der Waals surface area contributed by atoms with Gasteiger partial charge in [0.25, 0.3) is 5.91 Å². The van der Waals surface area contributed by atoms with Crippen LogP contribution >= 0.6 is 0 Å². The van der Waals surface area contributed by atoms with Crippen LogP contribution in [0.2, 0.25) is 0 Å². The number of benzene rings is 1. The number of amides is 1. The van der Waals surface area contributed by atoms with Crippen molar-refractivity contribution in [2.45, 2.75) is 39.2 Å². The fourth-order valence-corrected chi connectivity index (χ4v) is 3.29. The van der Waals surface area contributed by atoms with Gasteiger partial charge in [-0.25, -0.2) is 4.79 Å². The average Bonchev–Trinajstić information content (AvgIpc) is 2.62. The molecule has 1 aromatic carbocycles. The second kappa shape index (κ2) is 8.74. The summed E-state index contributed by atoms with van der Waals surface area (Å²) in [5.74, 6) is 0.767. The first-order chi connectivity index (χ1) is 12.0. The van der Waals surface area contributed by atoms with Gasteiger partial charge in [-0.2, -0.15) is 0 Å². The molecule has 0 heterocycles. The molecule has 2 rings (SSSR count). The molecule has 0 saturated heterocycles. The summed E-state index contributed by atoms with van der Waals surface area (Å²) in [6.07, 6.45) is 3.26. The van der Waals surface area contributed by atoms with E-state index >= 15 is 0 Å². The van der Waals surface area contributed by atoms with E-state index in [1.54, 1.807) is 18.2 Å². The van der Waals surface area contributed by atoms with Gasteiger partial charge in [-0.3, -0.25) is 4.79 Å². The summed E-state index contributed by atoms with van der Waals surface area (Å²) in [6, 6.07) is 5.14. The molecule has 3 atom stereocenters. The molecule has 1 aromatic rings. The topological polar surface area (TPSA) is 73.9 Å². The molecule has 0 aliphatic heterocycles. The molecule has 138 valence electrons. The minimum atomic E-state index is -0.644. The van der Waals surface area contributed by atoms with Gasteiger partial charge in [-0.15, -0.1) is 0 Å². The summed E-state index contributed by atoms with van der Waals surface area (Å²) >= 11 is 0. The van der Waals surface area contributed by atoms with E-state index in [2.05, 4.69) is 19.2 Å². The van der Waals surface area contributed by atoms with Gasteiger partial charge < -0.3 is 19.5 Å². The van der Waals surface area contributed by atoms with E-state index in [4.69, 9.17) is 14.2 Å². The van der Waals surface area contributed by atoms with Crippen molar-refractivity contribution in [3.63, 3.8) is 0 Å². The standard InChI is InChI=1S/C19H27NO5/c1-12-7-5-8-14(13(12)2)20-17(21)11-25-19(22)18-15(23-3)9-6-10-16(18)24-4/h6,9-10,12-14H,5,7-8,11H2,1-4H3,(H,20,21)/t12-,13-,14+/m1/s1. The van der Waals surface area contributed by atoms with Crippen LogP contribution in [-0.4, -0.2) is 38.7 Å². The van der Waals surface area contributed by atoms with Crippen LogP contribution in [0.3, 0.4) is 0 Å². The van der Waals surface area contributed by atoms with Gasteiger partial charge >= 0.3 is 5.97 Å². The number of ether oxygens (including phenoxy) is 3. The Morgan fingerprint density at radius 1 is 1.12 bits per heavy atom. The fourth-order valence-electron chi connectivity index (χ4n) is 3.29. The second-order valence-corrected chi connectivity index (χ2v) is 6.55. The van der Waals surface area contributed by atoms with Crippen LogP contribution in [0.4, 0.5) is 0 Å². The maximum atomic E-state index is 12.4. The van der Waals surface area contributed by atoms with Crippen LogP contribution in [0.5, 0.6) is 11.5 Å². The maximum Gasteiger partial charge on any atom is 0.346 e. The van der Waals surface area contributed by atoms with Gasteiger partial charge in [-0.05, 0) is 30.4 Å². The summed E-state index contributed by atoms with van der Waals surface area (Å²) in [7, 11) is 2.92. The molecule has 0 aromatic heterocycles. The molecule has 1 saturated carbocycles. The van der Waals surface area contributed by atoms with Crippen LogP contribution in [-0.2, 0) is 9.53 Å². The Labute approximate surface area is 148 Å². The summed E-state index contributed by atoms with van der Waals surface area (Å²) < 4.78 is 15.5. The molecule has 0 unspecified atom stereocenters. The van der Waals surface area contributed by atoms with E-state index < -0.39 is 5.97 Å². The van der Waals surface area contributed by atoms with E-state index in [1.807, 2.05) is 0 Å². The summed E-state index contributed by atoms with van der Waals surface area (Å²) in [6.45, 7) is 4.04. The van der Waals surface area contributed by atoms with Crippen LogP contribution < -0.4 is 14.8 Å². The van der Waals surface area contributed by atoms with Crippen molar-refractivity contribution in [1.82, 2.24) is 5.32 Å². The first-order valence-corrected chi connectivity index (χ1v) is 8.65. The van der Waals surface area contributed by atoms with Crippen molar-refractivity contribution >= 4 is 11.9 Å². The molecule has 6 heteroatoms. The Kier molecular flexibility index (Phi) is 6.67. The highest BCUT2D eigenvalue weighted by Crippen LogP contribution is 2.30. The van der Waals surface area contributed by atoms with Crippen molar-refractivity contribution in [3.8, 4) is 11.5 Å². The fraction of sp³-hybridized carbons (Fsp3) is 0.579. The van der Waals surface area contributed by atoms with Crippen LogP contribution in [0.1, 0.15) is 43.5 Å². The third-order valence-electron chi connectivity index (χ3n) is 5.02. The lowest BCUT2D eigenvalue weighted by Gasteiger charge is -2.34. The number of rotatable bonds is 6. The van der Waals surface area contributed by atoms with Crippen LogP contribution in [0, 0.1) is 11.8 Å². The van der Waals surface area contributed by atoms with Crippen molar-refractivity contribution in [1.29, 1.82) is 0 Å². The van der Waals surface area contributed by atoms with Crippen molar-refractivity contribution in [2.75, 3.05) is 20.8 Å². The number of hydrogen-bond donors (Lipinski definition) is 1. The largest absolute Gasteiger partial charge is 0.496 e. The Morgan fingerprint density at radius 3 is 2.36 bits per heavy atom. The molecule has 1 aliphatic rings. The maximum absolute atomic E-state index is 12.4. The third-order valence-corrected chi connectivity index (χ3v) is 5.02. The lowest BCUT2D eigenvalue weighted by atomic mass is 9.78. The number of methoxy groups -OCH3 is 2. The van der Waals surface area contributed by atoms with Gasteiger partial charge in [-0.1, -0.05) is 32.8 Å². The second-order valence-electron chi connectivity index (χ2n) is 6.55. The van der Waals surface area contributed by atoms with Gasteiger partial charge in [0.15, 0.2) is 6.61 Å². The van der Waals surface area contributed by atoms with E-state index in [1.165, 1.54) is 20.6 Å². The zero-order valence-electron chi connectivity index (χ0n) is 15.3. The molecule has 25 heavy (non-hydrogen) atoms. The highest BCUT2D eigenvalue weighted by atomic mass is 16.5. The lowest BCUT2D eigenvalue weighted by molar-refractivity contribution is -0.125. The highest BCUT2D eigenvalue weighted by Gasteiger charge is 2.28. The van der Waals surface area contributed by atoms with Gasteiger partial charge in [0.2, 0.25) is 0 Å². The van der Waals surface area contributed by atoms with Crippen LogP contribution in [0.15, 0.2) is 18.2 Å². The quantitative estimate of drug-likeness (QED) is 0.800. The zero-order chi connectivity index (χ0) is 18.4. The van der Waals surface area contributed by atoms with Crippen molar-refractivity contribution in [3.05, 3.63) is 23.8 Å². The highest BCUT2D eigenvalue weighted by molar-refractivity contribution is 5.96. The molecule has 0 radical (unpaired) electrons. The number of carbonyl (C=O) groups is 2. The molecule has 1 aliphatic carbocycles. The minimum Gasteiger partial charge on any atom is -0.496 e. The normalized spacial score (nSPS) is 22.8. The number of hydrogen-bond acceptors (Lipinski definition) is 5. The molecule has 0 bridgehead atoms. The van der Waals surface area contributed by atoms with Gasteiger partial charge in [0.1, 0.15) is 17.1 Å². The predicted molar refractivity (Wildman–Crippen MR) is 93.9 cm³/mol. The monoisotopic (exact) mass is 349 g/mol. The molecule has 0 spiro atoms. The van der Waals surface area contributed by atoms with E-state index in [0.29, 0.717) is 23.3 Å². The van der Waals surface area contributed by atoms with Crippen molar-refractivity contribution < 1.29 is 23.8 Å². The van der Waals surface area contributed by atoms with Gasteiger partial charge in [0.05, 0.1) is 14.2 Å². The number of carbonyl (C=O) groups excluding carboxylic acids is 2. The summed E-state index contributed by atoms with van der Waals surface area (Å²) in [4.78, 5) is 24.5. The average molecular weight is 349 g/mol. The Balaban J connectivity index is 1.95. The molecule has 1 N–H and O–H groups in total. The molecular weight excluding hydrogens is 322 g/mol. The smallest absolute Gasteiger partial charge is 0.346 e. The Bertz CT molecular complexity index is 594. The number of esters is 1. The first-order valence-electron chi connectivity index (χ1n) is 8.65. The molecular formula is C19H27NO5. The van der Waals surface area contributed by atoms with E-state index in [0.717, 1.165) is 12.8 Å². The summed E-state index contributed by atoms with van der Waals surface area (Å²) in [5, 5.41) is 2.98. The number of nitrogens with one attached hydrogen (secondary N) is 1. The van der Waals surface area contributed by atoms with Crippen molar-refractivity contribution in [2.24, 2.45) is 11.8 Å². The molecule has 1 amide bonds. The van der Waals surface area contributed by atoms with Crippen LogP contribution in [0.25, 0.3) is 0 Å². The SMILES string of the molecule is COc1cccc(OC)c1C(=O)OCC(=O)N[C@H]1CCC[C@@H](C)[C@H]1C. The first kappa shape index (κ1) is 19.1. The molecule has 6 nitrogen and oxygen atoms in total.